The molecule has 3 heterocycles. The zero-order chi connectivity index (χ0) is 57.6. The van der Waals surface area contributed by atoms with E-state index in [9.17, 15) is 0 Å². The van der Waals surface area contributed by atoms with Crippen molar-refractivity contribution in [2.45, 2.75) is 0 Å². The first kappa shape index (κ1) is 51.0. The van der Waals surface area contributed by atoms with Crippen LogP contribution in [0.25, 0.3) is 145 Å². The predicted molar refractivity (Wildman–Crippen MR) is 358 cm³/mol. The Bertz CT molecular complexity index is 4880. The molecule has 16 rings (SSSR count). The molecular formula is C81H52N4O2. The second-order valence-corrected chi connectivity index (χ2v) is 21.8. The average molecular weight is 1110 g/mol. The van der Waals surface area contributed by atoms with Gasteiger partial charge in [-0.25, -0.2) is 15.0 Å². The topological polar surface area (TPSA) is 68.2 Å². The largest absolute Gasteiger partial charge is 0.456 e. The first-order chi connectivity index (χ1) is 43.1. The van der Waals surface area contributed by atoms with Gasteiger partial charge in [-0.3, -0.25) is 0 Å². The van der Waals surface area contributed by atoms with E-state index < -0.39 is 0 Å². The smallest absolute Gasteiger partial charge is 0.164 e. The van der Waals surface area contributed by atoms with Gasteiger partial charge in [0.1, 0.15) is 22.3 Å². The SMILES string of the molecule is c1ccc(-c2ccc(N(c3ccc(-c4ccccc4)cc3-c3ccccc3)c3c(-c4ccccc4)cc(-c4nc(-c5ccc6c(c5)oc5ccccc56)nc(-c5ccc6c(c5)oc5ccccc56)n4)cc3-c3ccccc3)c(-c3ccccc3)c2)cc1. The van der Waals surface area contributed by atoms with Crippen LogP contribution >= 0.6 is 0 Å². The van der Waals surface area contributed by atoms with Crippen LogP contribution < -0.4 is 4.90 Å². The van der Waals surface area contributed by atoms with Gasteiger partial charge >= 0.3 is 0 Å². The highest BCUT2D eigenvalue weighted by atomic mass is 16.3. The predicted octanol–water partition coefficient (Wildman–Crippen LogP) is 22.1. The molecule has 0 aliphatic rings. The van der Waals surface area contributed by atoms with Crippen LogP contribution in [0.5, 0.6) is 0 Å². The van der Waals surface area contributed by atoms with Crippen molar-refractivity contribution in [2.24, 2.45) is 0 Å². The quantitative estimate of drug-likeness (QED) is 0.121. The maximum Gasteiger partial charge on any atom is 0.164 e. The van der Waals surface area contributed by atoms with Crippen molar-refractivity contribution in [3.63, 3.8) is 0 Å². The first-order valence-corrected chi connectivity index (χ1v) is 29.3. The third-order valence-electron chi connectivity index (χ3n) is 16.5. The highest BCUT2D eigenvalue weighted by Crippen LogP contribution is 2.54. The van der Waals surface area contributed by atoms with Crippen molar-refractivity contribution in [3.8, 4) is 101 Å². The Balaban J connectivity index is 1.00. The van der Waals surface area contributed by atoms with Crippen LogP contribution in [-0.2, 0) is 0 Å². The molecular weight excluding hydrogens is 1060 g/mol. The summed E-state index contributed by atoms with van der Waals surface area (Å²) in [7, 11) is 0. The van der Waals surface area contributed by atoms with E-state index in [1.165, 1.54) is 0 Å². The summed E-state index contributed by atoms with van der Waals surface area (Å²) in [6, 6.07) is 112. The molecule has 0 fully saturated rings. The van der Waals surface area contributed by atoms with Gasteiger partial charge in [0.25, 0.3) is 0 Å². The molecule has 0 unspecified atom stereocenters. The van der Waals surface area contributed by atoms with E-state index in [0.29, 0.717) is 17.5 Å². The third kappa shape index (κ3) is 9.48. The molecule has 0 atom stereocenters. The number of rotatable bonds is 12. The van der Waals surface area contributed by atoms with Crippen LogP contribution in [0.15, 0.2) is 324 Å². The molecule has 0 bridgehead atoms. The molecule has 6 heteroatoms. The van der Waals surface area contributed by atoms with Gasteiger partial charge in [-0.15, -0.1) is 0 Å². The number of nitrogens with zero attached hydrogens (tertiary/aromatic N) is 4. The van der Waals surface area contributed by atoms with Gasteiger partial charge in [0.05, 0.1) is 17.1 Å². The van der Waals surface area contributed by atoms with Crippen LogP contribution in [-0.4, -0.2) is 15.0 Å². The molecule has 16 aromatic rings. The summed E-state index contributed by atoms with van der Waals surface area (Å²) in [6.45, 7) is 0. The lowest BCUT2D eigenvalue weighted by Gasteiger charge is -2.34. The highest BCUT2D eigenvalue weighted by molar-refractivity contribution is 6.08. The fraction of sp³-hybridized carbons (Fsp3) is 0. The average Bonchev–Trinajstić information content (AvgIpc) is 1.67. The Morgan fingerprint density at radius 3 is 0.897 bits per heavy atom. The molecule has 0 saturated heterocycles. The number of para-hydroxylation sites is 2. The van der Waals surface area contributed by atoms with Gasteiger partial charge in [-0.2, -0.15) is 0 Å². The molecule has 0 amide bonds. The molecule has 0 radical (unpaired) electrons. The number of benzene rings is 13. The number of hydrogen-bond donors (Lipinski definition) is 0. The zero-order valence-electron chi connectivity index (χ0n) is 47.1. The maximum atomic E-state index is 6.50. The Morgan fingerprint density at radius 1 is 0.207 bits per heavy atom. The molecule has 6 nitrogen and oxygen atoms in total. The zero-order valence-corrected chi connectivity index (χ0v) is 47.1. The number of anilines is 3. The van der Waals surface area contributed by atoms with Crippen LogP contribution in [0.1, 0.15) is 0 Å². The van der Waals surface area contributed by atoms with Crippen LogP contribution in [0.3, 0.4) is 0 Å². The minimum atomic E-state index is 0.506. The minimum Gasteiger partial charge on any atom is -0.456 e. The number of hydrogen-bond acceptors (Lipinski definition) is 6. The molecule has 13 aromatic carbocycles. The summed E-state index contributed by atoms with van der Waals surface area (Å²) < 4.78 is 13.0. The second kappa shape index (κ2) is 21.8. The van der Waals surface area contributed by atoms with E-state index in [4.69, 9.17) is 23.8 Å². The number of aromatic nitrogens is 3. The fourth-order valence-corrected chi connectivity index (χ4v) is 12.3. The summed E-state index contributed by atoms with van der Waals surface area (Å²) in [5, 5.41) is 4.15. The molecule has 0 aliphatic carbocycles. The summed E-state index contributed by atoms with van der Waals surface area (Å²) in [4.78, 5) is 18.8. The van der Waals surface area contributed by atoms with Crippen molar-refractivity contribution in [1.29, 1.82) is 0 Å². The van der Waals surface area contributed by atoms with Crippen molar-refractivity contribution in [1.82, 2.24) is 15.0 Å². The molecule has 87 heavy (non-hydrogen) atoms. The Morgan fingerprint density at radius 2 is 0.506 bits per heavy atom. The monoisotopic (exact) mass is 1110 g/mol. The lowest BCUT2D eigenvalue weighted by Crippen LogP contribution is -2.15. The van der Waals surface area contributed by atoms with Gasteiger partial charge in [-0.05, 0) is 117 Å². The third-order valence-corrected chi connectivity index (χ3v) is 16.5. The van der Waals surface area contributed by atoms with Gasteiger partial charge in [0.2, 0.25) is 0 Å². The van der Waals surface area contributed by atoms with Gasteiger partial charge in [0, 0.05) is 60.5 Å². The lowest BCUT2D eigenvalue weighted by atomic mass is 9.89. The van der Waals surface area contributed by atoms with E-state index in [1.54, 1.807) is 0 Å². The summed E-state index contributed by atoms with van der Waals surface area (Å²) in [5.74, 6) is 1.52. The highest BCUT2D eigenvalue weighted by Gasteiger charge is 2.29. The van der Waals surface area contributed by atoms with Crippen LogP contribution in [0.4, 0.5) is 17.1 Å². The van der Waals surface area contributed by atoms with Gasteiger partial charge in [-0.1, -0.05) is 243 Å². The number of fused-ring (bicyclic) bond motifs is 6. The van der Waals surface area contributed by atoms with E-state index in [-0.39, 0.29) is 0 Å². The molecule has 408 valence electrons. The maximum absolute atomic E-state index is 6.50. The van der Waals surface area contributed by atoms with E-state index >= 15 is 0 Å². The van der Waals surface area contributed by atoms with Crippen molar-refractivity contribution in [3.05, 3.63) is 315 Å². The second-order valence-electron chi connectivity index (χ2n) is 21.8. The van der Waals surface area contributed by atoms with Gasteiger partial charge in [0.15, 0.2) is 17.5 Å². The molecule has 0 saturated carbocycles. The van der Waals surface area contributed by atoms with Crippen LogP contribution in [0.2, 0.25) is 0 Å². The molecule has 0 aliphatic heterocycles. The van der Waals surface area contributed by atoms with Crippen molar-refractivity contribution >= 4 is 60.9 Å². The van der Waals surface area contributed by atoms with Crippen molar-refractivity contribution in [2.75, 3.05) is 4.90 Å². The normalized spacial score (nSPS) is 11.4. The molecule has 0 N–H and O–H groups in total. The fourth-order valence-electron chi connectivity index (χ4n) is 12.3. The number of furan rings is 2. The molecule has 3 aromatic heterocycles. The minimum absolute atomic E-state index is 0.506. The Hall–Kier alpha value is -11.7. The molecule has 0 spiro atoms. The Kier molecular flexibility index (Phi) is 12.8. The summed E-state index contributed by atoms with van der Waals surface area (Å²) >= 11 is 0. The lowest BCUT2D eigenvalue weighted by molar-refractivity contribution is 0.668. The standard InChI is InChI=1S/C81H52N4O2/c1-7-23-53(24-8-1)59-41-45-72(68(47-59)55-27-11-3-12-28-55)85(73-46-42-60(54-25-9-2-10-26-54)48-69(73)56-29-13-4-14-30-56)78-70(57-31-15-5-16-32-57)49-63(50-71(78)58-33-17-6-18-34-58)81-83-79(61-39-43-66-64-35-19-21-37-74(64)86-76(66)51-61)82-80(84-81)62-40-44-67-65-36-20-22-38-75(65)87-77(67)52-62/h1-52H. The first-order valence-electron chi connectivity index (χ1n) is 29.3. The van der Waals surface area contributed by atoms with Crippen molar-refractivity contribution < 1.29 is 8.83 Å². The Labute approximate surface area is 503 Å². The summed E-state index contributed by atoms with van der Waals surface area (Å²) in [6.07, 6.45) is 0. The van der Waals surface area contributed by atoms with E-state index in [0.717, 1.165) is 144 Å². The van der Waals surface area contributed by atoms with Gasteiger partial charge < -0.3 is 13.7 Å². The van der Waals surface area contributed by atoms with E-state index in [1.807, 2.05) is 48.5 Å². The van der Waals surface area contributed by atoms with E-state index in [2.05, 4.69) is 272 Å². The van der Waals surface area contributed by atoms with Crippen LogP contribution in [0, 0.1) is 0 Å². The summed E-state index contributed by atoms with van der Waals surface area (Å²) in [5.41, 5.74) is 21.3.